The molecule has 4 heteroatoms. The third-order valence-corrected chi connectivity index (χ3v) is 4.90. The molecule has 0 spiro atoms. The third kappa shape index (κ3) is 7.04. The largest absolute Gasteiger partial charge is 0.457 e. The van der Waals surface area contributed by atoms with Gasteiger partial charge >= 0.3 is 0 Å². The zero-order chi connectivity index (χ0) is 25.1. The van der Waals surface area contributed by atoms with Gasteiger partial charge in [0.1, 0.15) is 23.0 Å². The average molecular weight is 457 g/mol. The van der Waals surface area contributed by atoms with Gasteiger partial charge in [-0.05, 0) is 96.8 Å². The lowest BCUT2D eigenvalue weighted by atomic mass is 10.1. The van der Waals surface area contributed by atoms with Gasteiger partial charge in [-0.25, -0.2) is 0 Å². The predicted octanol–water partition coefficient (Wildman–Crippen LogP) is 8.77. The number of anilines is 2. The van der Waals surface area contributed by atoms with Gasteiger partial charge in [0.25, 0.3) is 0 Å². The van der Waals surface area contributed by atoms with E-state index in [2.05, 4.69) is 0 Å². The van der Waals surface area contributed by atoms with Gasteiger partial charge in [-0.3, -0.25) is 0 Å². The Bertz CT molecular complexity index is 1070. The first-order valence-electron chi connectivity index (χ1n) is 11.8. The highest BCUT2D eigenvalue weighted by Gasteiger charge is 2.05. The number of benzene rings is 4. The molecule has 34 heavy (non-hydrogen) atoms. The summed E-state index contributed by atoms with van der Waals surface area (Å²) < 4.78 is 12.0. The van der Waals surface area contributed by atoms with Crippen molar-refractivity contribution in [1.82, 2.24) is 0 Å². The fraction of sp³-hybridized carbons (Fsp3) is 0.200. The molecule has 0 unspecified atom stereocenters. The van der Waals surface area contributed by atoms with Crippen molar-refractivity contribution in [1.29, 1.82) is 0 Å². The maximum atomic E-state index is 5.98. The standard InChI is InChI=1S/C26H24N2O2.2C2H6/c1-17-15-21(27)7-13-25(17)29-23-9-3-19(4-10-23)20-5-11-24(12-6-20)30-26-14-8-22(28)16-18(26)2;2*1-2/h3-16H,27-28H2,1-2H3;2*1-2H3. The van der Waals surface area contributed by atoms with E-state index < -0.39 is 0 Å². The minimum Gasteiger partial charge on any atom is -0.457 e. The molecule has 0 fully saturated rings. The van der Waals surface area contributed by atoms with Crippen LogP contribution in [0.5, 0.6) is 23.0 Å². The van der Waals surface area contributed by atoms with E-state index in [1.165, 1.54) is 0 Å². The molecule has 0 heterocycles. The Morgan fingerprint density at radius 3 is 1.09 bits per heavy atom. The minimum absolute atomic E-state index is 0.731. The second kappa shape index (κ2) is 12.9. The van der Waals surface area contributed by atoms with Crippen LogP contribution in [0.2, 0.25) is 0 Å². The molecular weight excluding hydrogens is 420 g/mol. The topological polar surface area (TPSA) is 70.5 Å². The Balaban J connectivity index is 0.000000970. The lowest BCUT2D eigenvalue weighted by Crippen LogP contribution is -1.91. The van der Waals surface area contributed by atoms with Gasteiger partial charge in [0.05, 0.1) is 0 Å². The smallest absolute Gasteiger partial charge is 0.130 e. The van der Waals surface area contributed by atoms with Crippen LogP contribution in [-0.4, -0.2) is 0 Å². The number of hydrogen-bond donors (Lipinski definition) is 2. The number of hydrogen-bond acceptors (Lipinski definition) is 4. The maximum absolute atomic E-state index is 5.98. The van der Waals surface area contributed by atoms with Crippen molar-refractivity contribution in [3.8, 4) is 34.1 Å². The summed E-state index contributed by atoms with van der Waals surface area (Å²) in [6.45, 7) is 12.0. The van der Waals surface area contributed by atoms with Crippen molar-refractivity contribution in [2.75, 3.05) is 11.5 Å². The van der Waals surface area contributed by atoms with Crippen LogP contribution in [0, 0.1) is 13.8 Å². The summed E-state index contributed by atoms with van der Waals surface area (Å²) in [5.41, 5.74) is 17.3. The number of aryl methyl sites for hydroxylation is 2. The van der Waals surface area contributed by atoms with E-state index in [-0.39, 0.29) is 0 Å². The number of rotatable bonds is 5. The number of ether oxygens (including phenoxy) is 2. The van der Waals surface area contributed by atoms with E-state index in [0.717, 1.165) is 56.6 Å². The normalized spacial score (nSPS) is 9.71. The predicted molar refractivity (Wildman–Crippen MR) is 146 cm³/mol. The summed E-state index contributed by atoms with van der Waals surface area (Å²) in [6, 6.07) is 27.3. The van der Waals surface area contributed by atoms with Crippen LogP contribution in [0.15, 0.2) is 84.9 Å². The SMILES string of the molecule is CC.CC.Cc1cc(N)ccc1Oc1ccc(-c2ccc(Oc3ccc(N)cc3C)cc2)cc1. The highest BCUT2D eigenvalue weighted by molar-refractivity contribution is 5.65. The molecule has 4 nitrogen and oxygen atoms in total. The van der Waals surface area contributed by atoms with Gasteiger partial charge in [0, 0.05) is 11.4 Å². The molecule has 4 rings (SSSR count). The summed E-state index contributed by atoms with van der Waals surface area (Å²) in [5.74, 6) is 3.17. The third-order valence-electron chi connectivity index (χ3n) is 4.90. The second-order valence-corrected chi connectivity index (χ2v) is 7.30. The van der Waals surface area contributed by atoms with Crippen LogP contribution < -0.4 is 20.9 Å². The Hall–Kier alpha value is -3.92. The van der Waals surface area contributed by atoms with Crippen LogP contribution in [0.1, 0.15) is 38.8 Å². The van der Waals surface area contributed by atoms with Gasteiger partial charge in [-0.2, -0.15) is 0 Å². The molecule has 0 radical (unpaired) electrons. The molecule has 0 aliphatic heterocycles. The van der Waals surface area contributed by atoms with Gasteiger partial charge < -0.3 is 20.9 Å². The Morgan fingerprint density at radius 1 is 0.471 bits per heavy atom. The first kappa shape index (κ1) is 26.3. The summed E-state index contributed by atoms with van der Waals surface area (Å²) in [6.07, 6.45) is 0. The van der Waals surface area contributed by atoms with E-state index in [4.69, 9.17) is 20.9 Å². The van der Waals surface area contributed by atoms with Crippen molar-refractivity contribution in [3.63, 3.8) is 0 Å². The fourth-order valence-electron chi connectivity index (χ4n) is 3.26. The van der Waals surface area contributed by atoms with Gasteiger partial charge in [0.15, 0.2) is 0 Å². The van der Waals surface area contributed by atoms with Crippen molar-refractivity contribution in [2.24, 2.45) is 0 Å². The molecule has 0 saturated carbocycles. The molecule has 178 valence electrons. The van der Waals surface area contributed by atoms with Crippen molar-refractivity contribution in [2.45, 2.75) is 41.5 Å². The first-order chi connectivity index (χ1) is 16.5. The van der Waals surface area contributed by atoms with Crippen LogP contribution in [0.4, 0.5) is 11.4 Å². The molecule has 0 atom stereocenters. The van der Waals surface area contributed by atoms with Crippen molar-refractivity contribution >= 4 is 11.4 Å². The summed E-state index contributed by atoms with van der Waals surface area (Å²) in [5, 5.41) is 0. The Morgan fingerprint density at radius 2 is 0.794 bits per heavy atom. The van der Waals surface area contributed by atoms with E-state index in [9.17, 15) is 0 Å². The van der Waals surface area contributed by atoms with Crippen LogP contribution >= 0.6 is 0 Å². The molecule has 0 bridgehead atoms. The van der Waals surface area contributed by atoms with E-state index in [1.54, 1.807) is 0 Å². The molecule has 4 aromatic carbocycles. The van der Waals surface area contributed by atoms with Crippen LogP contribution in [0.3, 0.4) is 0 Å². The minimum atomic E-state index is 0.731. The van der Waals surface area contributed by atoms with Gasteiger partial charge in [-0.15, -0.1) is 0 Å². The molecule has 0 amide bonds. The highest BCUT2D eigenvalue weighted by Crippen LogP contribution is 2.31. The first-order valence-corrected chi connectivity index (χ1v) is 11.8. The van der Waals surface area contributed by atoms with E-state index >= 15 is 0 Å². The lowest BCUT2D eigenvalue weighted by molar-refractivity contribution is 0.478. The van der Waals surface area contributed by atoms with Crippen LogP contribution in [0.25, 0.3) is 11.1 Å². The molecule has 4 aromatic rings. The summed E-state index contributed by atoms with van der Waals surface area (Å²) >= 11 is 0. The zero-order valence-electron chi connectivity index (χ0n) is 21.1. The lowest BCUT2D eigenvalue weighted by Gasteiger charge is -2.11. The van der Waals surface area contributed by atoms with Crippen molar-refractivity contribution < 1.29 is 9.47 Å². The van der Waals surface area contributed by atoms with E-state index in [0.29, 0.717) is 0 Å². The average Bonchev–Trinajstić information content (AvgIpc) is 2.86. The maximum Gasteiger partial charge on any atom is 0.130 e. The molecule has 0 aliphatic carbocycles. The molecule has 0 aromatic heterocycles. The quantitative estimate of drug-likeness (QED) is 0.294. The highest BCUT2D eigenvalue weighted by atomic mass is 16.5. The zero-order valence-corrected chi connectivity index (χ0v) is 21.1. The van der Waals surface area contributed by atoms with Crippen molar-refractivity contribution in [3.05, 3.63) is 96.1 Å². The Kier molecular flexibility index (Phi) is 10.0. The van der Waals surface area contributed by atoms with Gasteiger partial charge in [0.2, 0.25) is 0 Å². The molecule has 0 aliphatic rings. The molecule has 4 N–H and O–H groups in total. The number of nitrogens with two attached hydrogens (primary N) is 2. The Labute approximate surface area is 204 Å². The van der Waals surface area contributed by atoms with Crippen LogP contribution in [-0.2, 0) is 0 Å². The van der Waals surface area contributed by atoms with E-state index in [1.807, 2.05) is 126 Å². The monoisotopic (exact) mass is 456 g/mol. The fourth-order valence-corrected chi connectivity index (χ4v) is 3.26. The molecular formula is C30H36N2O2. The second-order valence-electron chi connectivity index (χ2n) is 7.30. The molecule has 0 saturated heterocycles. The summed E-state index contributed by atoms with van der Waals surface area (Å²) in [7, 11) is 0. The number of nitrogen functional groups attached to an aromatic ring is 2. The van der Waals surface area contributed by atoms with Gasteiger partial charge in [-0.1, -0.05) is 52.0 Å². The summed E-state index contributed by atoms with van der Waals surface area (Å²) in [4.78, 5) is 0.